The molecule has 0 fully saturated rings. The van der Waals surface area contributed by atoms with E-state index in [2.05, 4.69) is 15.6 Å². The molecular weight excluding hydrogens is 400 g/mol. The van der Waals surface area contributed by atoms with Crippen molar-refractivity contribution in [3.05, 3.63) is 60.2 Å². The molecule has 31 heavy (non-hydrogen) atoms. The van der Waals surface area contributed by atoms with Crippen molar-refractivity contribution in [1.29, 1.82) is 0 Å². The van der Waals surface area contributed by atoms with Gasteiger partial charge in [-0.05, 0) is 38.5 Å². The quantitative estimate of drug-likeness (QED) is 0.605. The number of nitrogens with one attached hydrogen (secondary N) is 1. The van der Waals surface area contributed by atoms with Crippen LogP contribution in [-0.4, -0.2) is 44.6 Å². The van der Waals surface area contributed by atoms with Crippen LogP contribution in [0, 0.1) is 0 Å². The van der Waals surface area contributed by atoms with E-state index in [1.165, 1.54) is 0 Å². The second-order valence-corrected chi connectivity index (χ2v) is 7.88. The molecule has 1 amide bonds. The number of alkyl carbamates (subject to hydrolysis) is 1. The van der Waals surface area contributed by atoms with Gasteiger partial charge in [0.1, 0.15) is 23.8 Å². The predicted octanol–water partition coefficient (Wildman–Crippen LogP) is 3.10. The molecule has 3 aromatic rings. The summed E-state index contributed by atoms with van der Waals surface area (Å²) < 4.78 is 11.6. The van der Waals surface area contributed by atoms with Gasteiger partial charge < -0.3 is 14.8 Å². The fourth-order valence-corrected chi connectivity index (χ4v) is 2.79. The standard InChI is InChI=1S/C22H24N4O5/c1-22(2,3)31-21(29)23-17(13-19(27)30-14-15-9-5-4-6-10-15)20(28)26-18-12-8-7-11-16(18)24-25-26/h4-12,17H,13-14H2,1-3H3,(H,23,29)/t17-/m0/s1. The molecule has 9 nitrogen and oxygen atoms in total. The van der Waals surface area contributed by atoms with Crippen LogP contribution >= 0.6 is 0 Å². The van der Waals surface area contributed by atoms with Crippen LogP contribution in [0.5, 0.6) is 0 Å². The molecule has 0 radical (unpaired) electrons. The predicted molar refractivity (Wildman–Crippen MR) is 112 cm³/mol. The SMILES string of the molecule is CC(C)(C)OC(=O)N[C@@H](CC(=O)OCc1ccccc1)C(=O)n1nnc2ccccc21. The van der Waals surface area contributed by atoms with E-state index in [-0.39, 0.29) is 13.0 Å². The maximum absolute atomic E-state index is 13.1. The summed E-state index contributed by atoms with van der Waals surface area (Å²) in [7, 11) is 0. The van der Waals surface area contributed by atoms with Crippen LogP contribution in [0.4, 0.5) is 4.79 Å². The summed E-state index contributed by atoms with van der Waals surface area (Å²) >= 11 is 0. The first-order valence-electron chi connectivity index (χ1n) is 9.76. The molecule has 0 aliphatic rings. The molecule has 1 atom stereocenters. The number of amides is 1. The third-order valence-electron chi connectivity index (χ3n) is 4.16. The summed E-state index contributed by atoms with van der Waals surface area (Å²) in [6, 6.07) is 14.8. The molecule has 0 unspecified atom stereocenters. The van der Waals surface area contributed by atoms with Gasteiger partial charge in [-0.3, -0.25) is 9.59 Å². The Labute approximate surface area is 179 Å². The van der Waals surface area contributed by atoms with Crippen molar-refractivity contribution in [1.82, 2.24) is 20.3 Å². The highest BCUT2D eigenvalue weighted by Gasteiger charge is 2.30. The zero-order chi connectivity index (χ0) is 22.4. The minimum Gasteiger partial charge on any atom is -0.461 e. The summed E-state index contributed by atoms with van der Waals surface area (Å²) in [6.07, 6.45) is -1.22. The molecule has 1 heterocycles. The second-order valence-electron chi connectivity index (χ2n) is 7.88. The monoisotopic (exact) mass is 424 g/mol. The van der Waals surface area contributed by atoms with Crippen LogP contribution < -0.4 is 5.32 Å². The van der Waals surface area contributed by atoms with Gasteiger partial charge in [0, 0.05) is 0 Å². The molecule has 2 aromatic carbocycles. The Balaban J connectivity index is 1.76. The summed E-state index contributed by atoms with van der Waals surface area (Å²) in [5, 5.41) is 10.3. The van der Waals surface area contributed by atoms with E-state index < -0.39 is 29.6 Å². The van der Waals surface area contributed by atoms with Crippen LogP contribution in [0.3, 0.4) is 0 Å². The summed E-state index contributed by atoms with van der Waals surface area (Å²) in [5.74, 6) is -1.28. The van der Waals surface area contributed by atoms with E-state index in [1.54, 1.807) is 45.0 Å². The Morgan fingerprint density at radius 1 is 1.03 bits per heavy atom. The summed E-state index contributed by atoms with van der Waals surface area (Å²) in [5.41, 5.74) is 1.01. The fourth-order valence-electron chi connectivity index (χ4n) is 2.79. The number of hydrogen-bond acceptors (Lipinski definition) is 7. The molecule has 0 spiro atoms. The molecule has 0 aliphatic heterocycles. The van der Waals surface area contributed by atoms with Gasteiger partial charge in [-0.1, -0.05) is 47.7 Å². The number of ether oxygens (including phenoxy) is 2. The normalized spacial score (nSPS) is 12.2. The summed E-state index contributed by atoms with van der Waals surface area (Å²) in [4.78, 5) is 37.8. The van der Waals surface area contributed by atoms with E-state index in [0.29, 0.717) is 11.0 Å². The molecule has 0 aliphatic carbocycles. The number of fused-ring (bicyclic) bond motifs is 1. The fraction of sp³-hybridized carbons (Fsp3) is 0.318. The first kappa shape index (κ1) is 21.9. The first-order valence-corrected chi connectivity index (χ1v) is 9.76. The van der Waals surface area contributed by atoms with E-state index in [9.17, 15) is 14.4 Å². The van der Waals surface area contributed by atoms with Crippen LogP contribution in [0.15, 0.2) is 54.6 Å². The molecule has 3 rings (SSSR count). The molecule has 0 bridgehead atoms. The largest absolute Gasteiger partial charge is 0.461 e. The molecule has 1 aromatic heterocycles. The summed E-state index contributed by atoms with van der Waals surface area (Å²) in [6.45, 7) is 5.15. The number of para-hydroxylation sites is 1. The Morgan fingerprint density at radius 2 is 1.71 bits per heavy atom. The van der Waals surface area contributed by atoms with E-state index >= 15 is 0 Å². The highest BCUT2D eigenvalue weighted by Crippen LogP contribution is 2.13. The molecular formula is C22H24N4O5. The van der Waals surface area contributed by atoms with Gasteiger partial charge in [-0.25, -0.2) is 4.79 Å². The van der Waals surface area contributed by atoms with Crippen molar-refractivity contribution in [3.8, 4) is 0 Å². The lowest BCUT2D eigenvalue weighted by Gasteiger charge is -2.22. The van der Waals surface area contributed by atoms with Crippen molar-refractivity contribution < 1.29 is 23.9 Å². The van der Waals surface area contributed by atoms with Crippen molar-refractivity contribution in [2.45, 2.75) is 45.4 Å². The van der Waals surface area contributed by atoms with Crippen LogP contribution in [0.25, 0.3) is 11.0 Å². The van der Waals surface area contributed by atoms with Gasteiger partial charge in [0.2, 0.25) is 0 Å². The third-order valence-corrected chi connectivity index (χ3v) is 4.16. The minimum absolute atomic E-state index is 0.0548. The number of carbonyl (C=O) groups is 3. The van der Waals surface area contributed by atoms with Crippen molar-refractivity contribution in [2.75, 3.05) is 0 Å². The number of benzene rings is 2. The van der Waals surface area contributed by atoms with E-state index in [4.69, 9.17) is 9.47 Å². The zero-order valence-corrected chi connectivity index (χ0v) is 17.6. The number of aromatic nitrogens is 3. The average Bonchev–Trinajstić information content (AvgIpc) is 3.15. The lowest BCUT2D eigenvalue weighted by atomic mass is 10.2. The zero-order valence-electron chi connectivity index (χ0n) is 17.6. The van der Waals surface area contributed by atoms with Gasteiger partial charge in [-0.2, -0.15) is 4.68 Å². The van der Waals surface area contributed by atoms with Gasteiger partial charge in [-0.15, -0.1) is 5.10 Å². The van der Waals surface area contributed by atoms with E-state index in [0.717, 1.165) is 10.2 Å². The Morgan fingerprint density at radius 3 is 2.42 bits per heavy atom. The maximum atomic E-state index is 13.1. The molecule has 162 valence electrons. The van der Waals surface area contributed by atoms with E-state index in [1.807, 2.05) is 30.3 Å². The number of nitrogens with zero attached hydrogens (tertiary/aromatic N) is 3. The topological polar surface area (TPSA) is 112 Å². The highest BCUT2D eigenvalue weighted by atomic mass is 16.6. The number of esters is 1. The molecule has 0 saturated heterocycles. The van der Waals surface area contributed by atoms with Gasteiger partial charge in [0.15, 0.2) is 0 Å². The van der Waals surface area contributed by atoms with Crippen molar-refractivity contribution in [3.63, 3.8) is 0 Å². The molecule has 0 saturated carbocycles. The molecule has 9 heteroatoms. The van der Waals surface area contributed by atoms with Crippen LogP contribution in [0.2, 0.25) is 0 Å². The Bertz CT molecular complexity index is 1070. The highest BCUT2D eigenvalue weighted by molar-refractivity contribution is 5.95. The lowest BCUT2D eigenvalue weighted by Crippen LogP contribution is -2.46. The average molecular weight is 424 g/mol. The van der Waals surface area contributed by atoms with Gasteiger partial charge >= 0.3 is 12.1 Å². The van der Waals surface area contributed by atoms with Crippen molar-refractivity contribution in [2.24, 2.45) is 0 Å². The Kier molecular flexibility index (Phi) is 6.64. The molecule has 1 N–H and O–H groups in total. The smallest absolute Gasteiger partial charge is 0.408 e. The maximum Gasteiger partial charge on any atom is 0.408 e. The van der Waals surface area contributed by atoms with Gasteiger partial charge in [0.05, 0.1) is 11.9 Å². The Hall–Kier alpha value is -3.75. The third kappa shape index (κ3) is 6.11. The van der Waals surface area contributed by atoms with Crippen LogP contribution in [-0.2, 0) is 20.9 Å². The van der Waals surface area contributed by atoms with Gasteiger partial charge in [0.25, 0.3) is 5.91 Å². The lowest BCUT2D eigenvalue weighted by molar-refractivity contribution is -0.145. The second kappa shape index (κ2) is 9.38. The number of rotatable bonds is 6. The number of hydrogen-bond donors (Lipinski definition) is 1. The number of carbonyl (C=O) groups excluding carboxylic acids is 3. The van der Waals surface area contributed by atoms with Crippen LogP contribution in [0.1, 0.15) is 37.6 Å². The van der Waals surface area contributed by atoms with Crippen molar-refractivity contribution >= 4 is 29.0 Å². The first-order chi connectivity index (χ1) is 14.7. The minimum atomic E-state index is -1.25.